The molecule has 2 aromatic carbocycles. The Morgan fingerprint density at radius 2 is 1.65 bits per heavy atom. The van der Waals surface area contributed by atoms with Crippen LogP contribution in [0.3, 0.4) is 0 Å². The molecule has 3 aromatic rings. The van der Waals surface area contributed by atoms with Crippen LogP contribution in [0.25, 0.3) is 0 Å². The Morgan fingerprint density at radius 1 is 0.912 bits per heavy atom. The van der Waals surface area contributed by atoms with Gasteiger partial charge in [-0.25, -0.2) is 4.79 Å². The van der Waals surface area contributed by atoms with E-state index >= 15 is 0 Å². The largest absolute Gasteiger partial charge is 0.350 e. The van der Waals surface area contributed by atoms with E-state index in [4.69, 9.17) is 0 Å². The third kappa shape index (κ3) is 7.77. The maximum absolute atomic E-state index is 12.8. The number of aromatic nitrogens is 2. The lowest BCUT2D eigenvalue weighted by atomic mass is 10.0. The van der Waals surface area contributed by atoms with Gasteiger partial charge in [0.05, 0.1) is 0 Å². The van der Waals surface area contributed by atoms with Crippen LogP contribution >= 0.6 is 0 Å². The Balaban J connectivity index is 1.49. The van der Waals surface area contributed by atoms with Crippen LogP contribution in [0.5, 0.6) is 0 Å². The number of carbonyl (C=O) groups excluding carboxylic acids is 3. The smallest absolute Gasteiger partial charge is 0.315 e. The average Bonchev–Trinajstić information content (AvgIpc) is 3.33. The first-order valence-electron chi connectivity index (χ1n) is 11.1. The topological polar surface area (TPSA) is 117 Å². The molecule has 0 spiro atoms. The van der Waals surface area contributed by atoms with Crippen molar-refractivity contribution in [2.75, 3.05) is 5.32 Å². The van der Waals surface area contributed by atoms with E-state index in [1.807, 2.05) is 50.2 Å². The van der Waals surface area contributed by atoms with Crippen LogP contribution in [-0.2, 0) is 29.2 Å². The zero-order valence-corrected chi connectivity index (χ0v) is 19.3. The van der Waals surface area contributed by atoms with E-state index < -0.39 is 12.1 Å². The fraction of sp³-hybridized carbons (Fsp3) is 0.280. The predicted molar refractivity (Wildman–Crippen MR) is 130 cm³/mol. The van der Waals surface area contributed by atoms with E-state index in [0.29, 0.717) is 12.2 Å². The Labute approximate surface area is 198 Å². The molecule has 9 heteroatoms. The summed E-state index contributed by atoms with van der Waals surface area (Å²) in [6, 6.07) is 17.4. The molecule has 0 aliphatic carbocycles. The van der Waals surface area contributed by atoms with Gasteiger partial charge in [0.1, 0.15) is 12.6 Å². The molecule has 0 fully saturated rings. The number of benzene rings is 2. The lowest BCUT2D eigenvalue weighted by Crippen LogP contribution is -2.52. The van der Waals surface area contributed by atoms with Gasteiger partial charge in [-0.1, -0.05) is 56.3 Å². The Kier molecular flexibility index (Phi) is 8.79. The highest BCUT2D eigenvalue weighted by molar-refractivity contribution is 5.90. The quantitative estimate of drug-likeness (QED) is 0.371. The number of urea groups is 1. The summed E-state index contributed by atoms with van der Waals surface area (Å²) in [6.07, 6.45) is 3.33. The average molecular weight is 463 g/mol. The van der Waals surface area contributed by atoms with E-state index in [2.05, 4.69) is 26.4 Å². The van der Waals surface area contributed by atoms with Crippen molar-refractivity contribution in [1.29, 1.82) is 0 Å². The molecule has 0 bridgehead atoms. The van der Waals surface area contributed by atoms with Crippen LogP contribution in [0.2, 0.25) is 0 Å². The minimum atomic E-state index is -0.687. The fourth-order valence-corrected chi connectivity index (χ4v) is 3.31. The molecule has 0 aliphatic heterocycles. The van der Waals surface area contributed by atoms with Crippen LogP contribution in [0.4, 0.5) is 10.5 Å². The summed E-state index contributed by atoms with van der Waals surface area (Å²) in [5, 5.41) is 15.2. The van der Waals surface area contributed by atoms with Gasteiger partial charge in [0.25, 0.3) is 0 Å². The second-order valence-corrected chi connectivity index (χ2v) is 8.20. The SMILES string of the molecule is CC(C)C(NC(=O)NCc1ccccc1)C(=O)NCc1cccc(NC(=O)Cn2cccn2)c1. The van der Waals surface area contributed by atoms with Crippen LogP contribution in [0, 0.1) is 5.92 Å². The van der Waals surface area contributed by atoms with Gasteiger partial charge in [0, 0.05) is 31.2 Å². The zero-order valence-electron chi connectivity index (χ0n) is 19.3. The summed E-state index contributed by atoms with van der Waals surface area (Å²) in [5.74, 6) is -0.580. The summed E-state index contributed by atoms with van der Waals surface area (Å²) in [6.45, 7) is 4.49. The van der Waals surface area contributed by atoms with Crippen molar-refractivity contribution in [2.45, 2.75) is 39.5 Å². The monoisotopic (exact) mass is 462 g/mol. The number of anilines is 1. The molecule has 9 nitrogen and oxygen atoms in total. The molecule has 0 saturated carbocycles. The van der Waals surface area contributed by atoms with Gasteiger partial charge in [-0.3, -0.25) is 14.3 Å². The van der Waals surface area contributed by atoms with Crippen molar-refractivity contribution in [2.24, 2.45) is 5.92 Å². The number of hydrogen-bond acceptors (Lipinski definition) is 4. The highest BCUT2D eigenvalue weighted by atomic mass is 16.2. The number of amides is 4. The number of rotatable bonds is 10. The van der Waals surface area contributed by atoms with Crippen molar-refractivity contribution >= 4 is 23.5 Å². The van der Waals surface area contributed by atoms with Gasteiger partial charge in [0.2, 0.25) is 11.8 Å². The maximum Gasteiger partial charge on any atom is 0.315 e. The molecule has 4 N–H and O–H groups in total. The Bertz CT molecular complexity index is 1080. The van der Waals surface area contributed by atoms with Crippen molar-refractivity contribution in [3.63, 3.8) is 0 Å². The Hall–Kier alpha value is -4.14. The molecule has 4 amide bonds. The first-order chi connectivity index (χ1) is 16.4. The van der Waals surface area contributed by atoms with Crippen molar-refractivity contribution in [1.82, 2.24) is 25.7 Å². The van der Waals surface area contributed by atoms with E-state index in [0.717, 1.165) is 11.1 Å². The molecule has 0 saturated heterocycles. The standard InChI is InChI=1S/C25H30N6O3/c1-18(2)23(30-25(34)27-15-19-8-4-3-5-9-19)24(33)26-16-20-10-6-11-21(14-20)29-22(32)17-31-13-7-12-28-31/h3-14,18,23H,15-17H2,1-2H3,(H,26,33)(H,29,32)(H2,27,30,34). The van der Waals surface area contributed by atoms with Gasteiger partial charge >= 0.3 is 6.03 Å². The minimum absolute atomic E-state index is 0.101. The summed E-state index contributed by atoms with van der Waals surface area (Å²) in [7, 11) is 0. The highest BCUT2D eigenvalue weighted by Gasteiger charge is 2.23. The zero-order chi connectivity index (χ0) is 24.3. The van der Waals surface area contributed by atoms with Crippen LogP contribution in [0.15, 0.2) is 73.1 Å². The molecular formula is C25H30N6O3. The highest BCUT2D eigenvalue weighted by Crippen LogP contribution is 2.11. The van der Waals surface area contributed by atoms with Crippen molar-refractivity contribution < 1.29 is 14.4 Å². The van der Waals surface area contributed by atoms with Gasteiger partial charge < -0.3 is 21.3 Å². The third-order valence-electron chi connectivity index (χ3n) is 5.07. The Morgan fingerprint density at radius 3 is 2.35 bits per heavy atom. The summed E-state index contributed by atoms with van der Waals surface area (Å²) >= 11 is 0. The van der Waals surface area contributed by atoms with Crippen molar-refractivity contribution in [3.8, 4) is 0 Å². The second-order valence-electron chi connectivity index (χ2n) is 8.20. The molecule has 1 atom stereocenters. The molecule has 1 unspecified atom stereocenters. The van der Waals surface area contributed by atoms with Gasteiger partial charge in [-0.15, -0.1) is 0 Å². The molecule has 1 aromatic heterocycles. The number of hydrogen-bond donors (Lipinski definition) is 4. The lowest BCUT2D eigenvalue weighted by molar-refractivity contribution is -0.124. The van der Waals surface area contributed by atoms with Gasteiger partial charge in [-0.05, 0) is 35.2 Å². The first-order valence-corrected chi connectivity index (χ1v) is 11.1. The molecule has 178 valence electrons. The van der Waals surface area contributed by atoms with Crippen LogP contribution in [0.1, 0.15) is 25.0 Å². The van der Waals surface area contributed by atoms with Crippen molar-refractivity contribution in [3.05, 3.63) is 84.2 Å². The first kappa shape index (κ1) is 24.5. The molecule has 1 heterocycles. The second kappa shape index (κ2) is 12.2. The van der Waals surface area contributed by atoms with Gasteiger partial charge in [0.15, 0.2) is 0 Å². The summed E-state index contributed by atoms with van der Waals surface area (Å²) < 4.78 is 1.54. The molecular weight excluding hydrogens is 432 g/mol. The molecule has 3 rings (SSSR count). The van der Waals surface area contributed by atoms with Crippen LogP contribution in [-0.4, -0.2) is 33.7 Å². The number of nitrogens with one attached hydrogen (secondary N) is 4. The summed E-state index contributed by atoms with van der Waals surface area (Å²) in [4.78, 5) is 37.3. The van der Waals surface area contributed by atoms with E-state index in [1.54, 1.807) is 36.7 Å². The third-order valence-corrected chi connectivity index (χ3v) is 5.07. The van der Waals surface area contributed by atoms with Gasteiger partial charge in [-0.2, -0.15) is 5.10 Å². The lowest BCUT2D eigenvalue weighted by Gasteiger charge is -2.22. The molecule has 34 heavy (non-hydrogen) atoms. The van der Waals surface area contributed by atoms with E-state index in [-0.39, 0.29) is 30.8 Å². The van der Waals surface area contributed by atoms with E-state index in [9.17, 15) is 14.4 Å². The van der Waals surface area contributed by atoms with E-state index in [1.165, 1.54) is 4.68 Å². The number of nitrogens with zero attached hydrogens (tertiary/aromatic N) is 2. The summed E-state index contributed by atoms with van der Waals surface area (Å²) in [5.41, 5.74) is 2.42. The molecule has 0 radical (unpaired) electrons. The number of carbonyl (C=O) groups is 3. The minimum Gasteiger partial charge on any atom is -0.350 e. The normalized spacial score (nSPS) is 11.5. The molecule has 0 aliphatic rings. The predicted octanol–water partition coefficient (Wildman–Crippen LogP) is 2.66. The van der Waals surface area contributed by atoms with Crippen LogP contribution < -0.4 is 21.3 Å². The maximum atomic E-state index is 12.8. The fourth-order valence-electron chi connectivity index (χ4n) is 3.31.